The van der Waals surface area contributed by atoms with Crippen LogP contribution in [0.2, 0.25) is 0 Å². The number of aromatic amines is 1. The summed E-state index contributed by atoms with van der Waals surface area (Å²) in [4.78, 5) is 25.4. The number of pyridine rings is 1. The molecule has 0 aromatic carbocycles. The Hall–Kier alpha value is -2.37. The first-order valence-electron chi connectivity index (χ1n) is 7.32. The second kappa shape index (κ2) is 6.60. The number of hydrogen-bond donors (Lipinski definition) is 1. The zero-order valence-electron chi connectivity index (χ0n) is 13.5. The van der Waals surface area contributed by atoms with Crippen molar-refractivity contribution >= 4 is 5.91 Å². The summed E-state index contributed by atoms with van der Waals surface area (Å²) in [6.45, 7) is 4.65. The third kappa shape index (κ3) is 3.44. The van der Waals surface area contributed by atoms with Gasteiger partial charge in [0.1, 0.15) is 0 Å². The minimum absolute atomic E-state index is 0.0729. The van der Waals surface area contributed by atoms with Gasteiger partial charge in [-0.1, -0.05) is 0 Å². The highest BCUT2D eigenvalue weighted by Crippen LogP contribution is 2.12. The summed E-state index contributed by atoms with van der Waals surface area (Å²) in [5.41, 5.74) is 3.74. The second-order valence-electron chi connectivity index (χ2n) is 5.61. The molecule has 6 heteroatoms. The molecule has 0 spiro atoms. The van der Waals surface area contributed by atoms with Crippen LogP contribution < -0.4 is 5.56 Å². The first kappa shape index (κ1) is 16.0. The summed E-state index contributed by atoms with van der Waals surface area (Å²) in [5.74, 6) is -0.0729. The lowest BCUT2D eigenvalue weighted by Gasteiger charge is -2.17. The molecule has 6 nitrogen and oxygen atoms in total. The zero-order valence-corrected chi connectivity index (χ0v) is 13.5. The van der Waals surface area contributed by atoms with Crippen molar-refractivity contribution in [3.05, 3.63) is 51.2 Å². The molecule has 2 heterocycles. The van der Waals surface area contributed by atoms with Crippen LogP contribution in [0.25, 0.3) is 0 Å². The molecule has 0 aliphatic carbocycles. The van der Waals surface area contributed by atoms with Crippen molar-refractivity contribution in [3.8, 4) is 0 Å². The van der Waals surface area contributed by atoms with E-state index in [-0.39, 0.29) is 11.5 Å². The summed E-state index contributed by atoms with van der Waals surface area (Å²) in [7, 11) is 3.42. The lowest BCUT2D eigenvalue weighted by atomic mass is 10.1. The van der Waals surface area contributed by atoms with Gasteiger partial charge in [-0.2, -0.15) is 5.10 Å². The Balaban J connectivity index is 1.94. The predicted octanol–water partition coefficient (Wildman–Crippen LogP) is 1.43. The fraction of sp³-hybridized carbons (Fsp3) is 0.438. The Morgan fingerprint density at radius 1 is 1.36 bits per heavy atom. The van der Waals surface area contributed by atoms with Gasteiger partial charge in [0.2, 0.25) is 5.56 Å². The van der Waals surface area contributed by atoms with Gasteiger partial charge < -0.3 is 9.47 Å². The SMILES string of the molecule is Cc1n[nH]c(C)c1CCCN(C)C(=O)c1ccc(=O)n(C)c1. The van der Waals surface area contributed by atoms with E-state index >= 15 is 0 Å². The van der Waals surface area contributed by atoms with Crippen molar-refractivity contribution in [2.24, 2.45) is 7.05 Å². The summed E-state index contributed by atoms with van der Waals surface area (Å²) in [6.07, 6.45) is 3.33. The number of H-pyrrole nitrogens is 1. The van der Waals surface area contributed by atoms with Gasteiger partial charge in [0.05, 0.1) is 11.3 Å². The molecule has 0 bridgehead atoms. The fourth-order valence-electron chi connectivity index (χ4n) is 2.48. The van der Waals surface area contributed by atoms with Crippen molar-refractivity contribution in [1.29, 1.82) is 0 Å². The van der Waals surface area contributed by atoms with Crippen LogP contribution in [0.3, 0.4) is 0 Å². The summed E-state index contributed by atoms with van der Waals surface area (Å²) < 4.78 is 1.42. The van der Waals surface area contributed by atoms with Crippen molar-refractivity contribution in [1.82, 2.24) is 19.7 Å². The van der Waals surface area contributed by atoms with Crippen molar-refractivity contribution < 1.29 is 4.79 Å². The number of hydrogen-bond acceptors (Lipinski definition) is 3. The Morgan fingerprint density at radius 2 is 2.09 bits per heavy atom. The standard InChI is InChI=1S/C16H22N4O2/c1-11-14(12(2)18-17-11)6-5-9-19(3)16(22)13-7-8-15(21)20(4)10-13/h7-8,10H,5-6,9H2,1-4H3,(H,17,18). The van der Waals surface area contributed by atoms with Gasteiger partial charge in [0.25, 0.3) is 5.91 Å². The molecule has 22 heavy (non-hydrogen) atoms. The van der Waals surface area contributed by atoms with E-state index in [0.717, 1.165) is 24.2 Å². The first-order valence-corrected chi connectivity index (χ1v) is 7.32. The molecule has 0 atom stereocenters. The highest BCUT2D eigenvalue weighted by Gasteiger charge is 2.13. The number of carbonyl (C=O) groups excluding carboxylic acids is 1. The number of nitrogens with one attached hydrogen (secondary N) is 1. The number of aromatic nitrogens is 3. The van der Waals surface area contributed by atoms with Crippen LogP contribution in [0.1, 0.15) is 33.7 Å². The van der Waals surface area contributed by atoms with Crippen LogP contribution >= 0.6 is 0 Å². The van der Waals surface area contributed by atoms with E-state index in [9.17, 15) is 9.59 Å². The minimum Gasteiger partial charge on any atom is -0.342 e. The number of amides is 1. The van der Waals surface area contributed by atoms with Crippen LogP contribution in [0.4, 0.5) is 0 Å². The molecular formula is C16H22N4O2. The molecule has 2 aromatic rings. The Kier molecular flexibility index (Phi) is 4.80. The monoisotopic (exact) mass is 302 g/mol. The van der Waals surface area contributed by atoms with E-state index in [4.69, 9.17) is 0 Å². The first-order chi connectivity index (χ1) is 10.4. The van der Waals surface area contributed by atoms with Gasteiger partial charge in [0.15, 0.2) is 0 Å². The van der Waals surface area contributed by atoms with E-state index in [1.807, 2.05) is 13.8 Å². The van der Waals surface area contributed by atoms with Crippen LogP contribution in [0.5, 0.6) is 0 Å². The Morgan fingerprint density at radius 3 is 2.68 bits per heavy atom. The molecule has 0 fully saturated rings. The van der Waals surface area contributed by atoms with Crippen molar-refractivity contribution in [2.75, 3.05) is 13.6 Å². The van der Waals surface area contributed by atoms with Gasteiger partial charge in [-0.3, -0.25) is 14.7 Å². The summed E-state index contributed by atoms with van der Waals surface area (Å²) >= 11 is 0. The molecule has 0 aliphatic heterocycles. The second-order valence-corrected chi connectivity index (χ2v) is 5.61. The van der Waals surface area contributed by atoms with E-state index < -0.39 is 0 Å². The quantitative estimate of drug-likeness (QED) is 0.908. The maximum absolute atomic E-state index is 12.3. The molecule has 0 aliphatic rings. The smallest absolute Gasteiger partial charge is 0.255 e. The van der Waals surface area contributed by atoms with Gasteiger partial charge in [-0.15, -0.1) is 0 Å². The number of nitrogens with zero attached hydrogens (tertiary/aromatic N) is 3. The van der Waals surface area contributed by atoms with Gasteiger partial charge in [-0.25, -0.2) is 0 Å². The van der Waals surface area contributed by atoms with Crippen molar-refractivity contribution in [2.45, 2.75) is 26.7 Å². The lowest BCUT2D eigenvalue weighted by Crippen LogP contribution is -2.29. The zero-order chi connectivity index (χ0) is 16.3. The molecule has 2 rings (SSSR count). The van der Waals surface area contributed by atoms with Crippen LogP contribution in [-0.4, -0.2) is 39.2 Å². The number of carbonyl (C=O) groups is 1. The third-order valence-electron chi connectivity index (χ3n) is 3.88. The van der Waals surface area contributed by atoms with E-state index in [2.05, 4.69) is 10.2 Å². The highest BCUT2D eigenvalue weighted by molar-refractivity contribution is 5.93. The maximum atomic E-state index is 12.3. The number of rotatable bonds is 5. The highest BCUT2D eigenvalue weighted by atomic mass is 16.2. The van der Waals surface area contributed by atoms with Crippen molar-refractivity contribution in [3.63, 3.8) is 0 Å². The normalized spacial score (nSPS) is 10.7. The van der Waals surface area contributed by atoms with Crippen LogP contribution in [0.15, 0.2) is 23.1 Å². The van der Waals surface area contributed by atoms with E-state index in [1.165, 1.54) is 16.2 Å². The molecule has 0 radical (unpaired) electrons. The minimum atomic E-state index is -0.120. The fourth-order valence-corrected chi connectivity index (χ4v) is 2.48. The van der Waals surface area contributed by atoms with E-state index in [1.54, 1.807) is 31.3 Å². The Bertz CT molecular complexity index is 710. The molecule has 1 N–H and O–H groups in total. The molecule has 118 valence electrons. The molecule has 0 saturated carbocycles. The summed E-state index contributed by atoms with van der Waals surface area (Å²) in [6, 6.07) is 2.99. The largest absolute Gasteiger partial charge is 0.342 e. The van der Waals surface area contributed by atoms with E-state index in [0.29, 0.717) is 12.1 Å². The van der Waals surface area contributed by atoms with Crippen LogP contribution in [-0.2, 0) is 13.5 Å². The summed E-state index contributed by atoms with van der Waals surface area (Å²) in [5, 5.41) is 7.15. The average molecular weight is 302 g/mol. The molecular weight excluding hydrogens is 280 g/mol. The topological polar surface area (TPSA) is 71.0 Å². The third-order valence-corrected chi connectivity index (χ3v) is 3.88. The molecule has 0 unspecified atom stereocenters. The predicted molar refractivity (Wildman–Crippen MR) is 85.0 cm³/mol. The van der Waals surface area contributed by atoms with Gasteiger partial charge in [-0.05, 0) is 38.3 Å². The lowest BCUT2D eigenvalue weighted by molar-refractivity contribution is 0.0792. The maximum Gasteiger partial charge on any atom is 0.255 e. The number of aryl methyl sites for hydroxylation is 3. The molecule has 2 aromatic heterocycles. The molecule has 1 amide bonds. The van der Waals surface area contributed by atoms with Gasteiger partial charge >= 0.3 is 0 Å². The molecule has 0 saturated heterocycles. The van der Waals surface area contributed by atoms with Crippen LogP contribution in [0, 0.1) is 13.8 Å². The van der Waals surface area contributed by atoms with Gasteiger partial charge in [0, 0.05) is 38.6 Å². The average Bonchev–Trinajstić information content (AvgIpc) is 2.81. The Labute approximate surface area is 129 Å².